The van der Waals surface area contributed by atoms with E-state index in [1.165, 1.54) is 0 Å². The first kappa shape index (κ1) is 16.8. The van der Waals surface area contributed by atoms with Crippen molar-refractivity contribution in [3.8, 4) is 5.75 Å². The largest absolute Gasteiger partial charge is 0.484 e. The summed E-state index contributed by atoms with van der Waals surface area (Å²) in [6, 6.07) is 1.29. The highest BCUT2D eigenvalue weighted by Gasteiger charge is 2.29. The van der Waals surface area contributed by atoms with Crippen LogP contribution >= 0.6 is 0 Å². The second kappa shape index (κ2) is 6.26. The molecular weight excluding hydrogens is 327 g/mol. The molecule has 0 bridgehead atoms. The number of ether oxygens (including phenoxy) is 1. The van der Waals surface area contributed by atoms with Crippen molar-refractivity contribution < 1.29 is 31.5 Å². The lowest BCUT2D eigenvalue weighted by Crippen LogP contribution is -2.19. The maximum atomic E-state index is 13.6. The minimum Gasteiger partial charge on any atom is -0.484 e. The van der Waals surface area contributed by atoms with Gasteiger partial charge in [0, 0.05) is 12.1 Å². The van der Waals surface area contributed by atoms with E-state index in [2.05, 4.69) is 15.4 Å². The Balaban J connectivity index is 2.14. The van der Waals surface area contributed by atoms with Gasteiger partial charge in [-0.25, -0.2) is 8.78 Å². The average molecular weight is 336 g/mol. The molecule has 1 aromatic heterocycles. The minimum absolute atomic E-state index is 0.242. The van der Waals surface area contributed by atoms with Gasteiger partial charge >= 0.3 is 6.18 Å². The molecule has 0 spiro atoms. The van der Waals surface area contributed by atoms with Gasteiger partial charge in [0.2, 0.25) is 5.82 Å². The zero-order chi connectivity index (χ0) is 17.2. The van der Waals surface area contributed by atoms with Crippen LogP contribution < -0.4 is 4.74 Å². The molecule has 0 fully saturated rings. The van der Waals surface area contributed by atoms with Gasteiger partial charge in [0.1, 0.15) is 17.4 Å². The zero-order valence-electron chi connectivity index (χ0n) is 11.6. The number of hydrogen-bond donors (Lipinski definition) is 0. The molecule has 6 nitrogen and oxygen atoms in total. The fourth-order valence-electron chi connectivity index (χ4n) is 1.71. The Morgan fingerprint density at radius 3 is 2.61 bits per heavy atom. The van der Waals surface area contributed by atoms with Crippen molar-refractivity contribution in [2.75, 3.05) is 0 Å². The molecule has 11 heteroatoms. The Bertz CT molecular complexity index is 729. The number of carbonyl (C=O) groups excluding carboxylic acids is 1. The van der Waals surface area contributed by atoms with Gasteiger partial charge in [-0.1, -0.05) is 0 Å². The fourth-order valence-corrected chi connectivity index (χ4v) is 1.71. The number of ketones is 1. The molecule has 0 aliphatic rings. The van der Waals surface area contributed by atoms with Crippen LogP contribution in [0.5, 0.6) is 5.75 Å². The molecule has 0 radical (unpaired) electrons. The van der Waals surface area contributed by atoms with E-state index in [0.717, 1.165) is 13.0 Å². The highest BCUT2D eigenvalue weighted by atomic mass is 19.4. The van der Waals surface area contributed by atoms with Crippen molar-refractivity contribution in [1.29, 1.82) is 0 Å². The van der Waals surface area contributed by atoms with Crippen molar-refractivity contribution >= 4 is 5.78 Å². The number of tetrazole rings is 1. The summed E-state index contributed by atoms with van der Waals surface area (Å²) in [5, 5.41) is 9.89. The van der Waals surface area contributed by atoms with Crippen LogP contribution in [0.2, 0.25) is 0 Å². The molecule has 0 atom stereocenters. The zero-order valence-corrected chi connectivity index (χ0v) is 11.6. The molecule has 2 aromatic rings. The SMILES string of the molecule is CC(=O)c1c(F)cc(F)cc1OCc1nnn(CC(F)(F)F)n1. The standard InChI is InChI=1S/C12H9F5N4O2/c1-6(22)11-8(14)2-7(13)3-9(11)23-4-10-18-20-21(19-10)5-12(15,16)17/h2-3H,4-5H2,1H3. The Morgan fingerprint density at radius 2 is 2.00 bits per heavy atom. The van der Waals surface area contributed by atoms with E-state index in [0.29, 0.717) is 10.9 Å². The van der Waals surface area contributed by atoms with Gasteiger partial charge in [-0.05, 0) is 12.1 Å². The summed E-state index contributed by atoms with van der Waals surface area (Å²) in [6.07, 6.45) is -4.52. The third kappa shape index (κ3) is 4.44. The lowest BCUT2D eigenvalue weighted by molar-refractivity contribution is -0.145. The lowest BCUT2D eigenvalue weighted by atomic mass is 10.1. The molecule has 124 valence electrons. The Kier molecular flexibility index (Phi) is 4.57. The minimum atomic E-state index is -4.52. The molecular formula is C12H9F5N4O2. The summed E-state index contributed by atoms with van der Waals surface area (Å²) in [5.41, 5.74) is -0.478. The Hall–Kier alpha value is -2.59. The van der Waals surface area contributed by atoms with Crippen molar-refractivity contribution in [2.24, 2.45) is 0 Å². The second-order valence-corrected chi connectivity index (χ2v) is 4.46. The predicted octanol–water partition coefficient (Wildman–Crippen LogP) is 2.30. The molecule has 0 amide bonds. The highest BCUT2D eigenvalue weighted by Crippen LogP contribution is 2.24. The summed E-state index contributed by atoms with van der Waals surface area (Å²) < 4.78 is 68.2. The summed E-state index contributed by atoms with van der Waals surface area (Å²) in [7, 11) is 0. The number of benzene rings is 1. The summed E-state index contributed by atoms with van der Waals surface area (Å²) >= 11 is 0. The molecule has 23 heavy (non-hydrogen) atoms. The van der Waals surface area contributed by atoms with Gasteiger partial charge < -0.3 is 4.74 Å². The van der Waals surface area contributed by atoms with E-state index in [9.17, 15) is 26.7 Å². The first-order valence-corrected chi connectivity index (χ1v) is 6.12. The van der Waals surface area contributed by atoms with E-state index in [4.69, 9.17) is 4.74 Å². The Morgan fingerprint density at radius 1 is 1.30 bits per heavy atom. The molecule has 0 N–H and O–H groups in total. The van der Waals surface area contributed by atoms with Crippen LogP contribution in [0.1, 0.15) is 23.1 Å². The molecule has 0 aliphatic heterocycles. The third-order valence-corrected chi connectivity index (χ3v) is 2.54. The number of rotatable bonds is 5. The molecule has 1 aromatic carbocycles. The van der Waals surface area contributed by atoms with Gasteiger partial charge in [0.25, 0.3) is 0 Å². The predicted molar refractivity (Wildman–Crippen MR) is 64.6 cm³/mol. The first-order valence-electron chi connectivity index (χ1n) is 6.12. The number of Topliss-reactive ketones (excluding diaryl/α,β-unsaturated/α-hetero) is 1. The van der Waals surface area contributed by atoms with Crippen LogP contribution in [0, 0.1) is 11.6 Å². The highest BCUT2D eigenvalue weighted by molar-refractivity contribution is 5.97. The van der Waals surface area contributed by atoms with Gasteiger partial charge in [-0.2, -0.15) is 18.0 Å². The van der Waals surface area contributed by atoms with Gasteiger partial charge in [-0.15, -0.1) is 10.2 Å². The molecule has 0 aliphatic carbocycles. The van der Waals surface area contributed by atoms with E-state index in [-0.39, 0.29) is 5.82 Å². The molecule has 0 saturated carbocycles. The fraction of sp³-hybridized carbons (Fsp3) is 0.333. The molecule has 0 unspecified atom stereocenters. The first-order chi connectivity index (χ1) is 10.7. The molecule has 1 heterocycles. The molecule has 0 saturated heterocycles. The number of alkyl halides is 3. The van der Waals surface area contributed by atoms with Gasteiger partial charge in [-0.3, -0.25) is 4.79 Å². The Labute approximate surface area is 125 Å². The third-order valence-electron chi connectivity index (χ3n) is 2.54. The number of nitrogens with zero attached hydrogens (tertiary/aromatic N) is 4. The van der Waals surface area contributed by atoms with Crippen LogP contribution in [0.15, 0.2) is 12.1 Å². The van der Waals surface area contributed by atoms with Gasteiger partial charge in [0.05, 0.1) is 5.56 Å². The summed E-state index contributed by atoms with van der Waals surface area (Å²) in [6.45, 7) is -0.893. The monoisotopic (exact) mass is 336 g/mol. The van der Waals surface area contributed by atoms with Crippen molar-refractivity contribution in [2.45, 2.75) is 26.3 Å². The van der Waals surface area contributed by atoms with Crippen LogP contribution in [0.4, 0.5) is 22.0 Å². The quantitative estimate of drug-likeness (QED) is 0.619. The van der Waals surface area contributed by atoms with E-state index >= 15 is 0 Å². The topological polar surface area (TPSA) is 69.9 Å². The van der Waals surface area contributed by atoms with Crippen LogP contribution in [-0.4, -0.2) is 32.2 Å². The van der Waals surface area contributed by atoms with Crippen LogP contribution in [0.25, 0.3) is 0 Å². The summed E-state index contributed by atoms with van der Waals surface area (Å²) in [4.78, 5) is 11.7. The second-order valence-electron chi connectivity index (χ2n) is 4.46. The summed E-state index contributed by atoms with van der Waals surface area (Å²) in [5.74, 6) is -3.43. The van der Waals surface area contributed by atoms with Crippen LogP contribution in [0.3, 0.4) is 0 Å². The average Bonchev–Trinajstić information content (AvgIpc) is 2.80. The normalized spacial score (nSPS) is 11.6. The lowest BCUT2D eigenvalue weighted by Gasteiger charge is -2.09. The van der Waals surface area contributed by atoms with E-state index in [1.807, 2.05) is 0 Å². The number of carbonyl (C=O) groups is 1. The van der Waals surface area contributed by atoms with Crippen LogP contribution in [-0.2, 0) is 13.2 Å². The smallest absolute Gasteiger partial charge is 0.409 e. The number of hydrogen-bond acceptors (Lipinski definition) is 5. The maximum absolute atomic E-state index is 13.6. The van der Waals surface area contributed by atoms with Crippen molar-refractivity contribution in [3.63, 3.8) is 0 Å². The van der Waals surface area contributed by atoms with E-state index in [1.54, 1.807) is 0 Å². The molecule has 2 rings (SSSR count). The van der Waals surface area contributed by atoms with E-state index < -0.39 is 48.1 Å². The maximum Gasteiger partial charge on any atom is 0.409 e. The van der Waals surface area contributed by atoms with Crippen molar-refractivity contribution in [1.82, 2.24) is 20.2 Å². The van der Waals surface area contributed by atoms with Gasteiger partial charge in [0.15, 0.2) is 18.9 Å². The van der Waals surface area contributed by atoms with Crippen molar-refractivity contribution in [3.05, 3.63) is 35.2 Å². The number of halogens is 5. The number of aromatic nitrogens is 4.